The molecule has 0 aliphatic rings. The van der Waals surface area contributed by atoms with Crippen LogP contribution in [-0.2, 0) is 0 Å². The zero-order valence-electron chi connectivity index (χ0n) is 6.72. The smallest absolute Gasteiger partial charge is 0.397 e. The maximum Gasteiger partial charge on any atom is 0.574 e. The van der Waals surface area contributed by atoms with Gasteiger partial charge in [0, 0.05) is 6.07 Å². The Kier molecular flexibility index (Phi) is 2.31. The highest BCUT2D eigenvalue weighted by atomic mass is 19.4. The molecule has 3 nitrogen and oxygen atoms in total. The zero-order chi connectivity index (χ0) is 10.1. The van der Waals surface area contributed by atoms with E-state index in [9.17, 15) is 13.2 Å². The van der Waals surface area contributed by atoms with Gasteiger partial charge in [-0.3, -0.25) is 0 Å². The molecule has 0 bridgehead atoms. The summed E-state index contributed by atoms with van der Waals surface area (Å²) >= 11 is 0. The standard InChI is InChI=1S/C7H7F3N2O/c1-4-5(11)2-3-6(12-4)13-7(8,9)10/h2-3H,11H2,1H3. The summed E-state index contributed by atoms with van der Waals surface area (Å²) in [5.41, 5.74) is 5.99. The monoisotopic (exact) mass is 192 g/mol. The summed E-state index contributed by atoms with van der Waals surface area (Å²) in [4.78, 5) is 3.49. The molecule has 13 heavy (non-hydrogen) atoms. The Bertz CT molecular complexity index is 311. The number of aryl methyl sites for hydroxylation is 1. The summed E-state index contributed by atoms with van der Waals surface area (Å²) in [7, 11) is 0. The van der Waals surface area contributed by atoms with Gasteiger partial charge in [0.05, 0.1) is 11.4 Å². The lowest BCUT2D eigenvalue weighted by atomic mass is 10.3. The van der Waals surface area contributed by atoms with Crippen molar-refractivity contribution in [3.63, 3.8) is 0 Å². The van der Waals surface area contributed by atoms with E-state index in [4.69, 9.17) is 5.73 Å². The fraction of sp³-hybridized carbons (Fsp3) is 0.286. The van der Waals surface area contributed by atoms with Crippen LogP contribution in [0.5, 0.6) is 5.88 Å². The number of alkyl halides is 3. The predicted octanol–water partition coefficient (Wildman–Crippen LogP) is 1.87. The molecule has 6 heteroatoms. The first-order valence-electron chi connectivity index (χ1n) is 3.37. The average Bonchev–Trinajstić information content (AvgIpc) is 1.94. The second-order valence-electron chi connectivity index (χ2n) is 2.37. The fourth-order valence-corrected chi connectivity index (χ4v) is 0.724. The summed E-state index contributed by atoms with van der Waals surface area (Å²) in [5.74, 6) is -0.501. The van der Waals surface area contributed by atoms with Gasteiger partial charge in [-0.1, -0.05) is 0 Å². The molecule has 0 aliphatic carbocycles. The summed E-state index contributed by atoms with van der Waals surface area (Å²) in [6.45, 7) is 1.50. The van der Waals surface area contributed by atoms with Crippen LogP contribution in [0.1, 0.15) is 5.69 Å². The Hall–Kier alpha value is -1.46. The molecule has 0 aromatic carbocycles. The number of rotatable bonds is 1. The first kappa shape index (κ1) is 9.63. The van der Waals surface area contributed by atoms with Gasteiger partial charge in [0.2, 0.25) is 5.88 Å². The van der Waals surface area contributed by atoms with Gasteiger partial charge < -0.3 is 10.5 Å². The first-order valence-corrected chi connectivity index (χ1v) is 3.37. The van der Waals surface area contributed by atoms with Crippen molar-refractivity contribution in [2.75, 3.05) is 5.73 Å². The minimum absolute atomic E-state index is 0.307. The third kappa shape index (κ3) is 2.81. The quantitative estimate of drug-likeness (QED) is 0.738. The van der Waals surface area contributed by atoms with Crippen LogP contribution in [-0.4, -0.2) is 11.3 Å². The van der Waals surface area contributed by atoms with Crippen molar-refractivity contribution in [1.29, 1.82) is 0 Å². The highest BCUT2D eigenvalue weighted by Gasteiger charge is 2.31. The van der Waals surface area contributed by atoms with Gasteiger partial charge >= 0.3 is 6.36 Å². The van der Waals surface area contributed by atoms with Gasteiger partial charge in [0.25, 0.3) is 0 Å². The van der Waals surface area contributed by atoms with Crippen LogP contribution in [0.25, 0.3) is 0 Å². The minimum Gasteiger partial charge on any atom is -0.397 e. The Morgan fingerprint density at radius 1 is 1.38 bits per heavy atom. The first-order chi connectivity index (χ1) is 5.88. The molecule has 0 saturated carbocycles. The van der Waals surface area contributed by atoms with Gasteiger partial charge in [-0.15, -0.1) is 13.2 Å². The molecule has 72 valence electrons. The highest BCUT2D eigenvalue weighted by Crippen LogP contribution is 2.22. The molecular formula is C7H7F3N2O. The molecule has 0 atom stereocenters. The lowest BCUT2D eigenvalue weighted by Gasteiger charge is -2.08. The number of aromatic nitrogens is 1. The summed E-state index contributed by atoms with van der Waals surface area (Å²) in [5, 5.41) is 0. The number of hydrogen-bond donors (Lipinski definition) is 1. The SMILES string of the molecule is Cc1nc(OC(F)(F)F)ccc1N. The van der Waals surface area contributed by atoms with Crippen molar-refractivity contribution in [3.8, 4) is 5.88 Å². The molecule has 1 rings (SSSR count). The maximum atomic E-state index is 11.7. The normalized spacial score (nSPS) is 11.4. The largest absolute Gasteiger partial charge is 0.574 e. The van der Waals surface area contributed by atoms with Crippen molar-refractivity contribution in [2.45, 2.75) is 13.3 Å². The van der Waals surface area contributed by atoms with Crippen LogP contribution in [0, 0.1) is 6.92 Å². The molecule has 1 aromatic heterocycles. The van der Waals surface area contributed by atoms with E-state index in [2.05, 4.69) is 9.72 Å². The van der Waals surface area contributed by atoms with Crippen LogP contribution >= 0.6 is 0 Å². The third-order valence-electron chi connectivity index (χ3n) is 1.32. The Morgan fingerprint density at radius 2 is 2.00 bits per heavy atom. The molecule has 0 unspecified atom stereocenters. The Balaban J connectivity index is 2.86. The predicted molar refractivity (Wildman–Crippen MR) is 40.1 cm³/mol. The summed E-state index contributed by atoms with van der Waals surface area (Å²) < 4.78 is 38.6. The second-order valence-corrected chi connectivity index (χ2v) is 2.37. The van der Waals surface area contributed by atoms with Gasteiger partial charge in [0.1, 0.15) is 0 Å². The van der Waals surface area contributed by atoms with Gasteiger partial charge in [-0.25, -0.2) is 4.98 Å². The lowest BCUT2D eigenvalue weighted by molar-refractivity contribution is -0.276. The van der Waals surface area contributed by atoms with E-state index in [-0.39, 0.29) is 0 Å². The number of ether oxygens (including phenoxy) is 1. The molecule has 0 amide bonds. The van der Waals surface area contributed by atoms with E-state index in [0.717, 1.165) is 6.07 Å². The molecule has 1 heterocycles. The van der Waals surface area contributed by atoms with Crippen LogP contribution in [0.4, 0.5) is 18.9 Å². The number of nitrogen functional groups attached to an aromatic ring is 1. The van der Waals surface area contributed by atoms with E-state index in [1.54, 1.807) is 0 Å². The zero-order valence-corrected chi connectivity index (χ0v) is 6.72. The van der Waals surface area contributed by atoms with E-state index in [0.29, 0.717) is 11.4 Å². The van der Waals surface area contributed by atoms with E-state index in [1.807, 2.05) is 0 Å². The second kappa shape index (κ2) is 3.12. The van der Waals surface area contributed by atoms with E-state index < -0.39 is 12.2 Å². The van der Waals surface area contributed by atoms with Crippen LogP contribution in [0.3, 0.4) is 0 Å². The summed E-state index contributed by atoms with van der Waals surface area (Å²) in [6, 6.07) is 2.37. The summed E-state index contributed by atoms with van der Waals surface area (Å²) in [6.07, 6.45) is -4.71. The molecule has 0 fully saturated rings. The Morgan fingerprint density at radius 3 is 2.46 bits per heavy atom. The number of hydrogen-bond acceptors (Lipinski definition) is 3. The number of nitrogens with zero attached hydrogens (tertiary/aromatic N) is 1. The number of halogens is 3. The van der Waals surface area contributed by atoms with E-state index in [1.165, 1.54) is 13.0 Å². The fourth-order valence-electron chi connectivity index (χ4n) is 0.724. The van der Waals surface area contributed by atoms with Crippen molar-refractivity contribution >= 4 is 5.69 Å². The van der Waals surface area contributed by atoms with Gasteiger partial charge in [-0.2, -0.15) is 0 Å². The van der Waals surface area contributed by atoms with Crippen molar-refractivity contribution < 1.29 is 17.9 Å². The van der Waals surface area contributed by atoms with Crippen molar-refractivity contribution in [3.05, 3.63) is 17.8 Å². The van der Waals surface area contributed by atoms with Gasteiger partial charge in [0.15, 0.2) is 0 Å². The number of nitrogens with two attached hydrogens (primary N) is 1. The maximum absolute atomic E-state index is 11.7. The topological polar surface area (TPSA) is 48.1 Å². The van der Waals surface area contributed by atoms with Crippen molar-refractivity contribution in [1.82, 2.24) is 4.98 Å². The average molecular weight is 192 g/mol. The Labute approximate surface area is 72.3 Å². The van der Waals surface area contributed by atoms with Gasteiger partial charge in [-0.05, 0) is 13.0 Å². The van der Waals surface area contributed by atoms with E-state index >= 15 is 0 Å². The third-order valence-corrected chi connectivity index (χ3v) is 1.32. The number of anilines is 1. The molecule has 2 N–H and O–H groups in total. The molecule has 0 aliphatic heterocycles. The lowest BCUT2D eigenvalue weighted by Crippen LogP contribution is -2.18. The molecule has 0 spiro atoms. The van der Waals surface area contributed by atoms with Crippen molar-refractivity contribution in [2.24, 2.45) is 0 Å². The molecule has 0 radical (unpaired) electrons. The number of pyridine rings is 1. The van der Waals surface area contributed by atoms with Crippen LogP contribution < -0.4 is 10.5 Å². The molecule has 0 saturated heterocycles. The van der Waals surface area contributed by atoms with Crippen LogP contribution in [0.15, 0.2) is 12.1 Å². The highest BCUT2D eigenvalue weighted by molar-refractivity contribution is 5.43. The molecular weight excluding hydrogens is 185 g/mol. The van der Waals surface area contributed by atoms with Crippen LogP contribution in [0.2, 0.25) is 0 Å². The molecule has 1 aromatic rings. The minimum atomic E-state index is -4.71.